The number of aromatic nitrogens is 1. The van der Waals surface area contributed by atoms with Crippen LogP contribution in [0.15, 0.2) is 34.9 Å². The summed E-state index contributed by atoms with van der Waals surface area (Å²) in [4.78, 5) is 16.4. The molecular formula is C17H13F2N3O3. The number of aryl methyl sites for hydroxylation is 1. The first-order chi connectivity index (χ1) is 11.9. The molecule has 2 aromatic heterocycles. The second-order valence-electron chi connectivity index (χ2n) is 5.34. The average Bonchev–Trinajstić information content (AvgIpc) is 2.57. The third-order valence-corrected chi connectivity index (χ3v) is 3.66. The van der Waals surface area contributed by atoms with Gasteiger partial charge in [-0.3, -0.25) is 15.2 Å². The van der Waals surface area contributed by atoms with Crippen LogP contribution in [-0.2, 0) is 6.61 Å². The van der Waals surface area contributed by atoms with Crippen LogP contribution in [0.25, 0.3) is 11.0 Å². The first kappa shape index (κ1) is 16.7. The van der Waals surface area contributed by atoms with Gasteiger partial charge < -0.3 is 14.8 Å². The van der Waals surface area contributed by atoms with Crippen molar-refractivity contribution in [2.75, 3.05) is 5.32 Å². The smallest absolute Gasteiger partial charge is 0.261 e. The van der Waals surface area contributed by atoms with Crippen molar-refractivity contribution in [2.45, 2.75) is 13.5 Å². The third-order valence-electron chi connectivity index (χ3n) is 3.66. The molecule has 0 spiro atoms. The van der Waals surface area contributed by atoms with Crippen molar-refractivity contribution in [2.24, 2.45) is 0 Å². The number of rotatable bonds is 3. The van der Waals surface area contributed by atoms with E-state index in [4.69, 9.17) is 9.83 Å². The summed E-state index contributed by atoms with van der Waals surface area (Å²) in [6.07, 6.45) is 1.44. The number of benzene rings is 1. The van der Waals surface area contributed by atoms with E-state index in [9.17, 15) is 18.7 Å². The molecule has 8 heteroatoms. The summed E-state index contributed by atoms with van der Waals surface area (Å²) in [7, 11) is 0. The van der Waals surface area contributed by atoms with Crippen LogP contribution in [0.3, 0.4) is 0 Å². The van der Waals surface area contributed by atoms with Gasteiger partial charge >= 0.3 is 0 Å². The molecule has 0 saturated heterocycles. The molecule has 0 fully saturated rings. The molecular weight excluding hydrogens is 332 g/mol. The van der Waals surface area contributed by atoms with Gasteiger partial charge in [-0.05, 0) is 25.1 Å². The number of pyridine rings is 1. The lowest BCUT2D eigenvalue weighted by Gasteiger charge is -2.09. The molecule has 1 aromatic carbocycles. The highest BCUT2D eigenvalue weighted by Gasteiger charge is 2.16. The number of halogens is 2. The molecule has 25 heavy (non-hydrogen) atoms. The van der Waals surface area contributed by atoms with Crippen molar-refractivity contribution in [1.29, 1.82) is 5.41 Å². The first-order valence-electron chi connectivity index (χ1n) is 7.25. The number of nitrogens with zero attached hydrogens (tertiary/aromatic N) is 1. The van der Waals surface area contributed by atoms with Gasteiger partial charge in [-0.1, -0.05) is 0 Å². The second kappa shape index (κ2) is 6.40. The molecule has 0 aliphatic rings. The van der Waals surface area contributed by atoms with E-state index in [1.54, 1.807) is 6.92 Å². The fourth-order valence-electron chi connectivity index (χ4n) is 2.37. The van der Waals surface area contributed by atoms with Crippen molar-refractivity contribution >= 4 is 22.6 Å². The van der Waals surface area contributed by atoms with Gasteiger partial charge in [-0.15, -0.1) is 0 Å². The largest absolute Gasteiger partial charge is 0.436 e. The molecule has 3 N–H and O–H groups in total. The Kier molecular flexibility index (Phi) is 4.28. The summed E-state index contributed by atoms with van der Waals surface area (Å²) in [5.41, 5.74) is 0.382. The van der Waals surface area contributed by atoms with Gasteiger partial charge in [0.15, 0.2) is 5.58 Å². The van der Waals surface area contributed by atoms with E-state index in [-0.39, 0.29) is 23.4 Å². The number of carbonyl (C=O) groups excluding carboxylic acids is 1. The molecule has 0 atom stereocenters. The Balaban J connectivity index is 2.07. The van der Waals surface area contributed by atoms with Crippen LogP contribution in [0.4, 0.5) is 14.5 Å². The average molecular weight is 345 g/mol. The van der Waals surface area contributed by atoms with Gasteiger partial charge in [0, 0.05) is 23.2 Å². The van der Waals surface area contributed by atoms with Crippen LogP contribution in [0.1, 0.15) is 21.6 Å². The number of anilines is 1. The predicted molar refractivity (Wildman–Crippen MR) is 84.8 cm³/mol. The Hall–Kier alpha value is -3.13. The van der Waals surface area contributed by atoms with Crippen molar-refractivity contribution in [3.63, 3.8) is 0 Å². The van der Waals surface area contributed by atoms with E-state index < -0.39 is 23.1 Å². The van der Waals surface area contributed by atoms with Crippen molar-refractivity contribution < 1.29 is 23.1 Å². The van der Waals surface area contributed by atoms with Crippen LogP contribution in [0.2, 0.25) is 0 Å². The van der Waals surface area contributed by atoms with Gasteiger partial charge in [0.25, 0.3) is 5.91 Å². The summed E-state index contributed by atoms with van der Waals surface area (Å²) < 4.78 is 32.0. The third kappa shape index (κ3) is 3.11. The Morgan fingerprint density at radius 2 is 2.12 bits per heavy atom. The van der Waals surface area contributed by atoms with Gasteiger partial charge in [-0.25, -0.2) is 8.78 Å². The number of aliphatic hydroxyl groups excluding tert-OH is 1. The minimum Gasteiger partial charge on any atom is -0.436 e. The Morgan fingerprint density at radius 3 is 2.80 bits per heavy atom. The molecule has 2 heterocycles. The highest BCUT2D eigenvalue weighted by atomic mass is 19.1. The maximum Gasteiger partial charge on any atom is 0.261 e. The Labute approximate surface area is 140 Å². The fourth-order valence-corrected chi connectivity index (χ4v) is 2.37. The lowest BCUT2D eigenvalue weighted by atomic mass is 10.1. The maximum atomic E-state index is 13.7. The van der Waals surface area contributed by atoms with E-state index in [1.807, 2.05) is 0 Å². The zero-order valence-corrected chi connectivity index (χ0v) is 13.1. The van der Waals surface area contributed by atoms with Crippen LogP contribution in [-0.4, -0.2) is 16.0 Å². The topological polar surface area (TPSA) is 99.2 Å². The number of amides is 1. The second-order valence-corrected chi connectivity index (χ2v) is 5.34. The lowest BCUT2D eigenvalue weighted by Crippen LogP contribution is -2.21. The molecule has 0 bridgehead atoms. The highest BCUT2D eigenvalue weighted by Crippen LogP contribution is 2.21. The molecule has 0 unspecified atom stereocenters. The highest BCUT2D eigenvalue weighted by molar-refractivity contribution is 6.05. The van der Waals surface area contributed by atoms with Crippen molar-refractivity contribution in [1.82, 2.24) is 4.98 Å². The summed E-state index contributed by atoms with van der Waals surface area (Å²) in [6, 6.07) is 4.10. The molecule has 0 radical (unpaired) electrons. The maximum absolute atomic E-state index is 13.7. The van der Waals surface area contributed by atoms with E-state index in [0.29, 0.717) is 22.7 Å². The van der Waals surface area contributed by atoms with E-state index in [0.717, 1.165) is 12.1 Å². The molecule has 3 rings (SSSR count). The molecule has 3 aromatic rings. The fraction of sp³-hybridized carbons (Fsp3) is 0.118. The quantitative estimate of drug-likeness (QED) is 0.679. The minimum absolute atomic E-state index is 0.156. The first-order valence-corrected chi connectivity index (χ1v) is 7.25. The SMILES string of the molecule is Cc1ncc(CO)c2cc(C(=O)Nc3ccc(F)cc3F)c(=N)oc12. The standard InChI is InChI=1S/C17H13F2N3O3/c1-8-15-11(9(7-23)6-21-8)5-12(16(20)25-15)17(24)22-14-3-2-10(18)4-13(14)19/h2-6,20,23H,7H2,1H3,(H,22,24). The van der Waals surface area contributed by atoms with E-state index in [2.05, 4.69) is 10.3 Å². The van der Waals surface area contributed by atoms with Gasteiger partial charge in [0.1, 0.15) is 17.2 Å². The molecule has 0 saturated carbocycles. The number of hydrogen-bond acceptors (Lipinski definition) is 5. The van der Waals surface area contributed by atoms with Gasteiger partial charge in [-0.2, -0.15) is 0 Å². The Morgan fingerprint density at radius 1 is 1.36 bits per heavy atom. The monoisotopic (exact) mass is 345 g/mol. The van der Waals surface area contributed by atoms with E-state index >= 15 is 0 Å². The molecule has 0 aliphatic carbocycles. The summed E-state index contributed by atoms with van der Waals surface area (Å²) in [5.74, 6) is -2.50. The van der Waals surface area contributed by atoms with E-state index in [1.165, 1.54) is 12.3 Å². The molecule has 128 valence electrons. The number of nitrogens with one attached hydrogen (secondary N) is 2. The zero-order chi connectivity index (χ0) is 18.1. The lowest BCUT2D eigenvalue weighted by molar-refractivity contribution is 0.102. The molecule has 6 nitrogen and oxygen atoms in total. The minimum atomic E-state index is -0.936. The number of fused-ring (bicyclic) bond motifs is 1. The van der Waals surface area contributed by atoms with Gasteiger partial charge in [0.2, 0.25) is 5.55 Å². The zero-order valence-electron chi connectivity index (χ0n) is 13.1. The van der Waals surface area contributed by atoms with Crippen molar-refractivity contribution in [3.05, 3.63) is 64.5 Å². The Bertz CT molecular complexity index is 1050. The number of carbonyl (C=O) groups is 1. The number of hydrogen-bond donors (Lipinski definition) is 3. The van der Waals surface area contributed by atoms with Crippen LogP contribution in [0, 0.1) is 24.0 Å². The summed E-state index contributed by atoms with van der Waals surface area (Å²) in [5, 5.41) is 20.0. The summed E-state index contributed by atoms with van der Waals surface area (Å²) >= 11 is 0. The summed E-state index contributed by atoms with van der Waals surface area (Å²) in [6.45, 7) is 1.34. The van der Waals surface area contributed by atoms with Crippen LogP contribution >= 0.6 is 0 Å². The van der Waals surface area contributed by atoms with Gasteiger partial charge in [0.05, 0.1) is 18.0 Å². The normalized spacial score (nSPS) is 10.9. The predicted octanol–water partition coefficient (Wildman–Crippen LogP) is 2.64. The van der Waals surface area contributed by atoms with Crippen molar-refractivity contribution in [3.8, 4) is 0 Å². The molecule has 1 amide bonds. The molecule has 0 aliphatic heterocycles. The number of aliphatic hydroxyl groups is 1. The van der Waals surface area contributed by atoms with Crippen LogP contribution in [0.5, 0.6) is 0 Å². The van der Waals surface area contributed by atoms with Crippen LogP contribution < -0.4 is 10.9 Å².